The molecular weight excluding hydrogens is 467 g/mol. The van der Waals surface area contributed by atoms with Gasteiger partial charge >= 0.3 is 0 Å². The molecule has 0 amide bonds. The number of benzene rings is 2. The van der Waals surface area contributed by atoms with Gasteiger partial charge in [-0.05, 0) is 83.1 Å². The topological polar surface area (TPSA) is 12.0 Å². The third kappa shape index (κ3) is 4.65. The Balaban J connectivity index is 2.35. The van der Waals surface area contributed by atoms with Crippen molar-refractivity contribution in [1.82, 2.24) is 5.32 Å². The zero-order valence-electron chi connectivity index (χ0n) is 11.5. The lowest BCUT2D eigenvalue weighted by molar-refractivity contribution is 0.526. The lowest BCUT2D eigenvalue weighted by Gasteiger charge is -2.20. The lowest BCUT2D eigenvalue weighted by Crippen LogP contribution is -2.24. The van der Waals surface area contributed by atoms with E-state index in [2.05, 4.69) is 56.0 Å². The molecule has 0 aliphatic heterocycles. The van der Waals surface area contributed by atoms with Gasteiger partial charge in [-0.15, -0.1) is 0 Å². The fraction of sp³-hybridized carbons (Fsp3) is 0.250. The van der Waals surface area contributed by atoms with E-state index in [1.54, 1.807) is 12.1 Å². The number of nitrogens with one attached hydrogen (secondary N) is 1. The summed E-state index contributed by atoms with van der Waals surface area (Å²) in [6, 6.07) is 10.9. The molecule has 1 nitrogen and oxygen atoms in total. The maximum Gasteiger partial charge on any atom is 0.126 e. The molecular formula is C16H15BrClFIN. The minimum absolute atomic E-state index is 0.0485. The first kappa shape index (κ1) is 17.2. The van der Waals surface area contributed by atoms with Gasteiger partial charge in [0.25, 0.3) is 0 Å². The minimum atomic E-state index is -0.215. The molecule has 0 saturated carbocycles. The number of likely N-dealkylation sites (N-methyl/N-ethyl adjacent to an activating group) is 1. The Morgan fingerprint density at radius 3 is 2.76 bits per heavy atom. The van der Waals surface area contributed by atoms with Crippen LogP contribution < -0.4 is 5.32 Å². The Bertz CT molecular complexity index is 636. The molecule has 1 atom stereocenters. The van der Waals surface area contributed by atoms with Gasteiger partial charge in [-0.25, -0.2) is 4.39 Å². The van der Waals surface area contributed by atoms with Gasteiger partial charge in [0, 0.05) is 19.1 Å². The SMILES string of the molecule is CCNC(Cc1cc(Cl)ccc1F)c1cc(Br)ccc1I. The van der Waals surface area contributed by atoms with Gasteiger partial charge in [0.2, 0.25) is 0 Å². The highest BCUT2D eigenvalue weighted by molar-refractivity contribution is 14.1. The van der Waals surface area contributed by atoms with Crippen LogP contribution in [0.25, 0.3) is 0 Å². The third-order valence-corrected chi connectivity index (χ3v) is 4.93. The molecule has 112 valence electrons. The van der Waals surface area contributed by atoms with E-state index in [1.165, 1.54) is 6.07 Å². The number of hydrogen-bond acceptors (Lipinski definition) is 1. The van der Waals surface area contributed by atoms with Crippen LogP contribution in [-0.4, -0.2) is 6.54 Å². The van der Waals surface area contributed by atoms with Gasteiger partial charge in [-0.1, -0.05) is 34.5 Å². The molecule has 2 aromatic rings. The molecule has 0 aliphatic carbocycles. The molecule has 0 aliphatic rings. The predicted octanol–water partition coefficient (Wildman–Crippen LogP) is 5.74. The highest BCUT2D eigenvalue weighted by Crippen LogP contribution is 2.28. The Labute approximate surface area is 151 Å². The van der Waals surface area contributed by atoms with Crippen molar-refractivity contribution in [2.45, 2.75) is 19.4 Å². The average Bonchev–Trinajstić information content (AvgIpc) is 2.45. The van der Waals surface area contributed by atoms with Crippen molar-refractivity contribution in [2.24, 2.45) is 0 Å². The second-order valence-electron chi connectivity index (χ2n) is 4.72. The smallest absolute Gasteiger partial charge is 0.126 e. The van der Waals surface area contributed by atoms with E-state index < -0.39 is 0 Å². The number of hydrogen-bond donors (Lipinski definition) is 1. The summed E-state index contributed by atoms with van der Waals surface area (Å²) < 4.78 is 16.1. The van der Waals surface area contributed by atoms with Crippen LogP contribution in [0.3, 0.4) is 0 Å². The highest BCUT2D eigenvalue weighted by atomic mass is 127. The van der Waals surface area contributed by atoms with E-state index in [9.17, 15) is 4.39 Å². The Morgan fingerprint density at radius 2 is 2.05 bits per heavy atom. The second kappa shape index (κ2) is 7.90. The highest BCUT2D eigenvalue weighted by Gasteiger charge is 2.17. The van der Waals surface area contributed by atoms with E-state index >= 15 is 0 Å². The van der Waals surface area contributed by atoms with Gasteiger partial charge in [-0.3, -0.25) is 0 Å². The van der Waals surface area contributed by atoms with Crippen LogP contribution in [0.1, 0.15) is 24.1 Å². The summed E-state index contributed by atoms with van der Waals surface area (Å²) >= 11 is 11.8. The van der Waals surface area contributed by atoms with Gasteiger partial charge in [-0.2, -0.15) is 0 Å². The van der Waals surface area contributed by atoms with Crippen molar-refractivity contribution >= 4 is 50.1 Å². The van der Waals surface area contributed by atoms with Crippen LogP contribution in [0.2, 0.25) is 5.02 Å². The molecule has 5 heteroatoms. The Kier molecular flexibility index (Phi) is 6.47. The molecule has 0 radical (unpaired) electrons. The summed E-state index contributed by atoms with van der Waals surface area (Å²) in [5.74, 6) is -0.215. The molecule has 0 saturated heterocycles. The van der Waals surface area contributed by atoms with Crippen LogP contribution >= 0.6 is 50.1 Å². The maximum absolute atomic E-state index is 14.0. The van der Waals surface area contributed by atoms with Crippen molar-refractivity contribution < 1.29 is 4.39 Å². The fourth-order valence-electron chi connectivity index (χ4n) is 2.24. The van der Waals surface area contributed by atoms with E-state index in [-0.39, 0.29) is 11.9 Å². The van der Waals surface area contributed by atoms with Gasteiger partial charge < -0.3 is 5.32 Å². The van der Waals surface area contributed by atoms with Crippen LogP contribution in [-0.2, 0) is 6.42 Å². The third-order valence-electron chi connectivity index (χ3n) is 3.22. The molecule has 0 bridgehead atoms. The number of rotatable bonds is 5. The van der Waals surface area contributed by atoms with Crippen LogP contribution in [0.15, 0.2) is 40.9 Å². The zero-order valence-corrected chi connectivity index (χ0v) is 16.0. The second-order valence-corrected chi connectivity index (χ2v) is 7.23. The van der Waals surface area contributed by atoms with Crippen molar-refractivity contribution in [1.29, 1.82) is 0 Å². The molecule has 1 unspecified atom stereocenters. The molecule has 0 aromatic heterocycles. The largest absolute Gasteiger partial charge is 0.310 e. The first-order valence-corrected chi connectivity index (χ1v) is 8.88. The van der Waals surface area contributed by atoms with E-state index in [1.807, 2.05) is 13.0 Å². The van der Waals surface area contributed by atoms with E-state index in [0.29, 0.717) is 17.0 Å². The molecule has 2 aromatic carbocycles. The van der Waals surface area contributed by atoms with Crippen molar-refractivity contribution in [3.63, 3.8) is 0 Å². The quantitative estimate of drug-likeness (QED) is 0.536. The lowest BCUT2D eigenvalue weighted by atomic mass is 9.98. The van der Waals surface area contributed by atoms with Crippen molar-refractivity contribution in [2.75, 3.05) is 6.54 Å². The first-order chi connectivity index (χ1) is 10.0. The standard InChI is InChI=1S/C16H15BrClFIN/c1-2-21-16(13-9-11(17)3-6-15(13)20)8-10-7-12(18)4-5-14(10)19/h3-7,9,16,21H,2,8H2,1H3. The summed E-state index contributed by atoms with van der Waals surface area (Å²) in [6.07, 6.45) is 0.562. The fourth-order valence-corrected chi connectivity index (χ4v) is 3.52. The van der Waals surface area contributed by atoms with Crippen LogP contribution in [0.4, 0.5) is 4.39 Å². The van der Waals surface area contributed by atoms with E-state index in [4.69, 9.17) is 11.6 Å². The van der Waals surface area contributed by atoms with E-state index in [0.717, 1.165) is 20.2 Å². The zero-order chi connectivity index (χ0) is 15.4. The molecule has 2 rings (SSSR count). The average molecular weight is 483 g/mol. The summed E-state index contributed by atoms with van der Waals surface area (Å²) in [6.45, 7) is 2.86. The molecule has 0 spiro atoms. The Morgan fingerprint density at radius 1 is 1.29 bits per heavy atom. The number of halogens is 4. The summed E-state index contributed by atoms with van der Waals surface area (Å²) in [7, 11) is 0. The first-order valence-electron chi connectivity index (χ1n) is 6.63. The van der Waals surface area contributed by atoms with Crippen molar-refractivity contribution in [3.8, 4) is 0 Å². The Hall–Kier alpha value is -0.170. The van der Waals surface area contributed by atoms with Gasteiger partial charge in [0.1, 0.15) is 5.82 Å². The predicted molar refractivity (Wildman–Crippen MR) is 98.4 cm³/mol. The summed E-state index contributed by atoms with van der Waals surface area (Å²) in [5, 5.41) is 3.99. The minimum Gasteiger partial charge on any atom is -0.310 e. The summed E-state index contributed by atoms with van der Waals surface area (Å²) in [4.78, 5) is 0. The van der Waals surface area contributed by atoms with Crippen LogP contribution in [0, 0.1) is 9.39 Å². The maximum atomic E-state index is 14.0. The molecule has 21 heavy (non-hydrogen) atoms. The molecule has 0 fully saturated rings. The van der Waals surface area contributed by atoms with Gasteiger partial charge in [0.15, 0.2) is 0 Å². The van der Waals surface area contributed by atoms with Gasteiger partial charge in [0.05, 0.1) is 0 Å². The molecule has 0 heterocycles. The summed E-state index contributed by atoms with van der Waals surface area (Å²) in [5.41, 5.74) is 1.79. The van der Waals surface area contributed by atoms with Crippen molar-refractivity contribution in [3.05, 3.63) is 66.4 Å². The molecule has 1 N–H and O–H groups in total. The normalized spacial score (nSPS) is 12.4. The van der Waals surface area contributed by atoms with Crippen LogP contribution in [0.5, 0.6) is 0 Å². The monoisotopic (exact) mass is 481 g/mol.